The van der Waals surface area contributed by atoms with E-state index in [0.29, 0.717) is 22.5 Å². The van der Waals surface area contributed by atoms with E-state index in [4.69, 9.17) is 5.73 Å². The second-order valence-corrected chi connectivity index (χ2v) is 5.99. The standard InChI is InChI=1S/C20H16F2N4O2/c1-3-19(27)24-18-9-13(5-7-16(18)21)26-10-15(11(2)25-26)12-4-6-14(20(23)28)17(22)8-12/h3-10H,1H2,2H3,(H2,23,28)(H,24,27). The zero-order valence-corrected chi connectivity index (χ0v) is 14.9. The van der Waals surface area contributed by atoms with Gasteiger partial charge in [0.15, 0.2) is 0 Å². The van der Waals surface area contributed by atoms with E-state index in [0.717, 1.165) is 6.08 Å². The Bertz CT molecular complexity index is 1110. The van der Waals surface area contributed by atoms with Crippen LogP contribution in [0.2, 0.25) is 0 Å². The van der Waals surface area contributed by atoms with Gasteiger partial charge in [-0.15, -0.1) is 0 Å². The van der Waals surface area contributed by atoms with Gasteiger partial charge in [-0.3, -0.25) is 9.59 Å². The molecule has 1 aromatic heterocycles. The molecule has 3 aromatic rings. The van der Waals surface area contributed by atoms with Gasteiger partial charge in [0.2, 0.25) is 5.91 Å². The monoisotopic (exact) mass is 382 g/mol. The molecular formula is C20H16F2N4O2. The summed E-state index contributed by atoms with van der Waals surface area (Å²) in [5.74, 6) is -2.73. The number of benzene rings is 2. The maximum atomic E-state index is 14.1. The van der Waals surface area contributed by atoms with Crippen LogP contribution >= 0.6 is 0 Å². The van der Waals surface area contributed by atoms with Crippen molar-refractivity contribution in [3.63, 3.8) is 0 Å². The predicted molar refractivity (Wildman–Crippen MR) is 101 cm³/mol. The lowest BCUT2D eigenvalue weighted by Gasteiger charge is -2.07. The number of carbonyl (C=O) groups is 2. The van der Waals surface area contributed by atoms with Crippen LogP contribution in [-0.2, 0) is 4.79 Å². The minimum absolute atomic E-state index is 0.0195. The van der Waals surface area contributed by atoms with Crippen LogP contribution in [0.25, 0.3) is 16.8 Å². The molecule has 0 fully saturated rings. The Balaban J connectivity index is 2.00. The van der Waals surface area contributed by atoms with E-state index in [1.807, 2.05) is 0 Å². The number of nitrogens with two attached hydrogens (primary N) is 1. The number of anilines is 1. The minimum atomic E-state index is -0.850. The first-order chi connectivity index (χ1) is 13.3. The first-order valence-corrected chi connectivity index (χ1v) is 8.19. The highest BCUT2D eigenvalue weighted by Crippen LogP contribution is 2.27. The van der Waals surface area contributed by atoms with Crippen LogP contribution in [0.15, 0.2) is 55.3 Å². The molecule has 142 valence electrons. The van der Waals surface area contributed by atoms with Crippen molar-refractivity contribution in [2.45, 2.75) is 6.92 Å². The third-order valence-corrected chi connectivity index (χ3v) is 4.10. The quantitative estimate of drug-likeness (QED) is 0.663. The topological polar surface area (TPSA) is 90.0 Å². The van der Waals surface area contributed by atoms with Crippen molar-refractivity contribution < 1.29 is 18.4 Å². The molecule has 0 aliphatic carbocycles. The Labute approximate surface area is 159 Å². The molecule has 0 saturated heterocycles. The lowest BCUT2D eigenvalue weighted by Crippen LogP contribution is -2.12. The van der Waals surface area contributed by atoms with Crippen molar-refractivity contribution >= 4 is 17.5 Å². The van der Waals surface area contributed by atoms with Crippen LogP contribution < -0.4 is 11.1 Å². The number of halogens is 2. The largest absolute Gasteiger partial charge is 0.366 e. The smallest absolute Gasteiger partial charge is 0.251 e. The Morgan fingerprint density at radius 3 is 2.57 bits per heavy atom. The summed E-state index contributed by atoms with van der Waals surface area (Å²) < 4.78 is 29.5. The van der Waals surface area contributed by atoms with E-state index in [1.165, 1.54) is 35.0 Å². The average molecular weight is 382 g/mol. The first kappa shape index (κ1) is 19.0. The van der Waals surface area contributed by atoms with Crippen molar-refractivity contribution in [2.24, 2.45) is 5.73 Å². The number of hydrogen-bond donors (Lipinski definition) is 2. The summed E-state index contributed by atoms with van der Waals surface area (Å²) in [6.45, 7) is 5.06. The average Bonchev–Trinajstić information content (AvgIpc) is 3.04. The zero-order valence-electron chi connectivity index (χ0n) is 14.9. The molecule has 0 aliphatic heterocycles. The summed E-state index contributed by atoms with van der Waals surface area (Å²) in [5, 5.41) is 6.74. The van der Waals surface area contributed by atoms with Gasteiger partial charge in [-0.1, -0.05) is 12.6 Å². The molecule has 0 radical (unpaired) electrons. The maximum Gasteiger partial charge on any atom is 0.251 e. The Morgan fingerprint density at radius 2 is 1.93 bits per heavy atom. The van der Waals surface area contributed by atoms with Crippen LogP contribution in [0, 0.1) is 18.6 Å². The minimum Gasteiger partial charge on any atom is -0.366 e. The van der Waals surface area contributed by atoms with Crippen molar-refractivity contribution in [3.05, 3.63) is 78.1 Å². The van der Waals surface area contributed by atoms with E-state index >= 15 is 0 Å². The van der Waals surface area contributed by atoms with Crippen molar-refractivity contribution in [3.8, 4) is 16.8 Å². The highest BCUT2D eigenvalue weighted by atomic mass is 19.1. The van der Waals surface area contributed by atoms with Gasteiger partial charge in [-0.05, 0) is 48.9 Å². The number of nitrogens with zero attached hydrogens (tertiary/aromatic N) is 2. The number of hydrogen-bond acceptors (Lipinski definition) is 3. The van der Waals surface area contributed by atoms with Gasteiger partial charge in [0.05, 0.1) is 22.6 Å². The van der Waals surface area contributed by atoms with E-state index in [-0.39, 0.29) is 11.3 Å². The van der Waals surface area contributed by atoms with Gasteiger partial charge in [-0.25, -0.2) is 13.5 Å². The van der Waals surface area contributed by atoms with E-state index in [1.54, 1.807) is 19.2 Å². The molecule has 6 nitrogen and oxygen atoms in total. The fourth-order valence-corrected chi connectivity index (χ4v) is 2.69. The Morgan fingerprint density at radius 1 is 1.18 bits per heavy atom. The molecule has 0 unspecified atom stereocenters. The molecule has 0 bridgehead atoms. The third kappa shape index (κ3) is 3.66. The molecule has 0 atom stereocenters. The molecular weight excluding hydrogens is 366 g/mol. The van der Waals surface area contributed by atoms with E-state index in [2.05, 4.69) is 17.0 Å². The Kier molecular flexibility index (Phi) is 5.04. The van der Waals surface area contributed by atoms with Crippen LogP contribution in [0.3, 0.4) is 0 Å². The van der Waals surface area contributed by atoms with Gasteiger partial charge in [0.25, 0.3) is 5.91 Å². The zero-order chi connectivity index (χ0) is 20.4. The fourth-order valence-electron chi connectivity index (χ4n) is 2.69. The number of aromatic nitrogens is 2. The normalized spacial score (nSPS) is 10.5. The van der Waals surface area contributed by atoms with Crippen molar-refractivity contribution in [1.29, 1.82) is 0 Å². The van der Waals surface area contributed by atoms with Crippen LogP contribution in [-0.4, -0.2) is 21.6 Å². The number of amides is 2. The molecule has 1 heterocycles. The van der Waals surface area contributed by atoms with Gasteiger partial charge < -0.3 is 11.1 Å². The number of nitrogens with one attached hydrogen (secondary N) is 1. The van der Waals surface area contributed by atoms with Gasteiger partial charge in [0.1, 0.15) is 11.6 Å². The van der Waals surface area contributed by atoms with Crippen molar-refractivity contribution in [1.82, 2.24) is 9.78 Å². The van der Waals surface area contributed by atoms with Crippen LogP contribution in [0.1, 0.15) is 16.1 Å². The molecule has 28 heavy (non-hydrogen) atoms. The summed E-state index contributed by atoms with van der Waals surface area (Å²) in [5.41, 5.74) is 7.11. The molecule has 0 saturated carbocycles. The second kappa shape index (κ2) is 7.43. The van der Waals surface area contributed by atoms with Crippen LogP contribution in [0.4, 0.5) is 14.5 Å². The van der Waals surface area contributed by atoms with Gasteiger partial charge >= 0.3 is 0 Å². The molecule has 0 aliphatic rings. The molecule has 3 rings (SSSR count). The van der Waals surface area contributed by atoms with E-state index < -0.39 is 23.4 Å². The number of carbonyl (C=O) groups excluding carboxylic acids is 2. The molecule has 2 amide bonds. The van der Waals surface area contributed by atoms with Crippen molar-refractivity contribution in [2.75, 3.05) is 5.32 Å². The molecule has 0 spiro atoms. The Hall–Kier alpha value is -3.81. The van der Waals surface area contributed by atoms with Gasteiger partial charge in [-0.2, -0.15) is 5.10 Å². The lowest BCUT2D eigenvalue weighted by atomic mass is 10.0. The number of aryl methyl sites for hydroxylation is 1. The number of primary amides is 1. The summed E-state index contributed by atoms with van der Waals surface area (Å²) in [7, 11) is 0. The predicted octanol–water partition coefficient (Wildman–Crippen LogP) is 3.35. The lowest BCUT2D eigenvalue weighted by molar-refractivity contribution is -0.111. The first-order valence-electron chi connectivity index (χ1n) is 8.19. The molecule has 2 aromatic carbocycles. The SMILES string of the molecule is C=CC(=O)Nc1cc(-n2cc(-c3ccc(C(N)=O)c(F)c3)c(C)n2)ccc1F. The summed E-state index contributed by atoms with van der Waals surface area (Å²) in [6.07, 6.45) is 2.67. The highest BCUT2D eigenvalue weighted by molar-refractivity contribution is 5.99. The third-order valence-electron chi connectivity index (χ3n) is 4.10. The summed E-state index contributed by atoms with van der Waals surface area (Å²) in [4.78, 5) is 22.6. The number of rotatable bonds is 5. The fraction of sp³-hybridized carbons (Fsp3) is 0.0500. The van der Waals surface area contributed by atoms with Gasteiger partial charge in [0, 0.05) is 11.8 Å². The summed E-state index contributed by atoms with van der Waals surface area (Å²) >= 11 is 0. The second-order valence-electron chi connectivity index (χ2n) is 5.99. The van der Waals surface area contributed by atoms with E-state index in [9.17, 15) is 18.4 Å². The highest BCUT2D eigenvalue weighted by Gasteiger charge is 2.14. The molecule has 8 heteroatoms. The maximum absolute atomic E-state index is 14.1. The van der Waals surface area contributed by atoms with Crippen LogP contribution in [0.5, 0.6) is 0 Å². The molecule has 3 N–H and O–H groups in total. The summed E-state index contributed by atoms with van der Waals surface area (Å²) in [6, 6.07) is 8.19.